The summed E-state index contributed by atoms with van der Waals surface area (Å²) in [6, 6.07) is 35.5. The molecule has 5 aromatic rings. The molecule has 3 saturated heterocycles. The fraction of sp³-hybridized carbons (Fsp3) is 0.388. The minimum absolute atomic E-state index is 0.00132. The average Bonchev–Trinajstić information content (AvgIpc) is 4.02. The summed E-state index contributed by atoms with van der Waals surface area (Å²) in [5, 5.41) is 0. The van der Waals surface area contributed by atoms with E-state index in [-0.39, 0.29) is 32.7 Å². The topological polar surface area (TPSA) is 171 Å². The Hall–Kier alpha value is -3.52. The van der Waals surface area contributed by atoms with E-state index < -0.39 is 93.4 Å². The molecule has 5 aliphatic rings. The maximum Gasteiger partial charge on any atom is 0.249 e. The van der Waals surface area contributed by atoms with Gasteiger partial charge in [-0.2, -0.15) is 0 Å². The molecule has 10 rings (SSSR count). The highest BCUT2D eigenvalue weighted by Gasteiger charge is 2.63. The van der Waals surface area contributed by atoms with Crippen LogP contribution in [0.2, 0.25) is 0 Å². The number of benzene rings is 5. The van der Waals surface area contributed by atoms with E-state index in [0.29, 0.717) is 57.9 Å². The van der Waals surface area contributed by atoms with Crippen LogP contribution in [0.15, 0.2) is 159 Å². The first kappa shape index (κ1) is 50.0. The van der Waals surface area contributed by atoms with Gasteiger partial charge in [-0.05, 0) is 93.6 Å². The number of fused-ring (bicyclic) bond motifs is 2. The monoisotopic (exact) mass is 1070 g/mol. The third-order valence-electron chi connectivity index (χ3n) is 13.9. The van der Waals surface area contributed by atoms with E-state index in [0.717, 1.165) is 16.7 Å². The molecule has 5 fully saturated rings. The summed E-state index contributed by atoms with van der Waals surface area (Å²) in [6.45, 7) is 4.35. The van der Waals surface area contributed by atoms with E-state index in [1.165, 1.54) is 64.8 Å². The van der Waals surface area contributed by atoms with Crippen molar-refractivity contribution in [3.63, 3.8) is 0 Å². The summed E-state index contributed by atoms with van der Waals surface area (Å²) in [5.41, 5.74) is 2.65. The van der Waals surface area contributed by atoms with Crippen molar-refractivity contribution in [1.29, 1.82) is 0 Å². The van der Waals surface area contributed by atoms with E-state index in [2.05, 4.69) is 0 Å². The maximum absolute atomic E-state index is 15.3. The maximum atomic E-state index is 15.3. The first-order chi connectivity index (χ1) is 33.6. The fourth-order valence-corrected chi connectivity index (χ4v) is 25.1. The number of hydrogen-bond donors (Lipinski definition) is 0. The molecule has 372 valence electrons. The summed E-state index contributed by atoms with van der Waals surface area (Å²) < 4.78 is 141. The molecule has 2 aliphatic carbocycles. The molecule has 3 aliphatic heterocycles. The predicted octanol–water partition coefficient (Wildman–Crippen LogP) is 8.76. The molecule has 6 atom stereocenters. The highest BCUT2D eigenvalue weighted by atomic mass is 32.2. The van der Waals surface area contributed by atoms with Crippen molar-refractivity contribution in [2.75, 3.05) is 13.1 Å². The Kier molecular flexibility index (Phi) is 14.3. The van der Waals surface area contributed by atoms with Crippen LogP contribution >= 0.6 is 16.9 Å². The molecule has 3 heterocycles. The smallest absolute Gasteiger partial charge is 0.249 e. The lowest BCUT2D eigenvalue weighted by Crippen LogP contribution is -2.43. The molecule has 0 radical (unpaired) electrons. The first-order valence-corrected chi connectivity index (χ1v) is 31.8. The van der Waals surface area contributed by atoms with Gasteiger partial charge in [0.15, 0.2) is 0 Å². The van der Waals surface area contributed by atoms with Gasteiger partial charge in [-0.1, -0.05) is 128 Å². The first-order valence-electron chi connectivity index (χ1n) is 23.7. The molecule has 0 N–H and O–H groups in total. The summed E-state index contributed by atoms with van der Waals surface area (Å²) >= 11 is 0. The minimum atomic E-state index is -4.43. The Bertz CT molecular complexity index is 2940. The van der Waals surface area contributed by atoms with Crippen molar-refractivity contribution in [1.82, 2.24) is 21.2 Å². The molecule has 0 aromatic heterocycles. The van der Waals surface area contributed by atoms with Crippen molar-refractivity contribution in [2.45, 2.75) is 128 Å². The van der Waals surface area contributed by atoms with Crippen molar-refractivity contribution in [3.8, 4) is 0 Å². The van der Waals surface area contributed by atoms with Crippen LogP contribution in [0.3, 0.4) is 0 Å². The van der Waals surface area contributed by atoms with E-state index in [1.807, 2.05) is 49.1 Å². The van der Waals surface area contributed by atoms with Crippen molar-refractivity contribution in [3.05, 3.63) is 156 Å². The number of aryl methyl sites for hydroxylation is 2. The van der Waals surface area contributed by atoms with Gasteiger partial charge < -0.3 is 9.05 Å². The second kappa shape index (κ2) is 20.1. The van der Waals surface area contributed by atoms with E-state index in [4.69, 9.17) is 9.05 Å². The Morgan fingerprint density at radius 2 is 0.700 bits per heavy atom. The molecule has 70 heavy (non-hydrogen) atoms. The van der Waals surface area contributed by atoms with E-state index in [1.54, 1.807) is 60.7 Å². The quantitative estimate of drug-likeness (QED) is 0.0974. The normalized spacial score (nSPS) is 26.1. The standard InChI is InChI=1S/C49H57N5O10P2S4/c1-37-26-30-42(31-27-37)69(59,60)53-46-24-14-15-25-47(46)54(70(61,62)43-32-28-38(2)29-33-43)66(53)64-49-36-50(34-39-16-6-3-7-17-39)35-48(49)63-65-51(67(55,56)40-18-8-4-9-19-40)44-22-12-13-23-45(44)52(65)68(57,58)41-20-10-5-11-21-41/h3-11,16-21,26-33,44-49H,12-15,22-25,34-36H2,1-2H3/t44-,45-,46+,47+,48+,49+/m1/s1. The van der Waals surface area contributed by atoms with Crippen LogP contribution in [0.4, 0.5) is 0 Å². The molecular weight excluding hydrogens is 1010 g/mol. The molecule has 0 bridgehead atoms. The van der Waals surface area contributed by atoms with Crippen LogP contribution in [0.1, 0.15) is 68.1 Å². The third kappa shape index (κ3) is 9.38. The molecule has 0 spiro atoms. The average molecular weight is 1070 g/mol. The lowest BCUT2D eigenvalue weighted by Gasteiger charge is -2.35. The molecule has 21 heteroatoms. The van der Waals surface area contributed by atoms with Gasteiger partial charge in [0.05, 0.1) is 19.6 Å². The third-order valence-corrected chi connectivity index (χ3v) is 28.1. The zero-order valence-corrected chi connectivity index (χ0v) is 43.9. The van der Waals surface area contributed by atoms with Crippen LogP contribution < -0.4 is 0 Å². The van der Waals surface area contributed by atoms with Crippen LogP contribution in [0.5, 0.6) is 0 Å². The van der Waals surface area contributed by atoms with Crippen LogP contribution in [-0.2, 0) is 55.7 Å². The minimum Gasteiger partial charge on any atom is -0.322 e. The molecule has 0 amide bonds. The van der Waals surface area contributed by atoms with Gasteiger partial charge >= 0.3 is 0 Å². The Morgan fingerprint density at radius 3 is 1.01 bits per heavy atom. The highest BCUT2D eigenvalue weighted by Crippen LogP contribution is 2.66. The SMILES string of the molecule is Cc1ccc(S(=O)(=O)N2[C@H]3CCCC[C@@H]3N(S(=O)(=O)c3ccc(C)cc3)P2O[C@H]2CN(Cc3ccccc3)C[C@@H]2OP2N(S(=O)(=O)c3ccccc3)[C@@H]3CCCC[C@H]3N2S(=O)(=O)c2ccccc2)cc1. The van der Waals surface area contributed by atoms with E-state index in [9.17, 15) is 0 Å². The predicted molar refractivity (Wildman–Crippen MR) is 269 cm³/mol. The van der Waals surface area contributed by atoms with Gasteiger partial charge in [-0.15, -0.1) is 16.3 Å². The molecule has 5 aromatic carbocycles. The number of sulfonamides is 4. The Labute approximate surface area is 415 Å². The molecular formula is C49H57N5O10P2S4. The van der Waals surface area contributed by atoms with Gasteiger partial charge in [-0.3, -0.25) is 4.90 Å². The number of nitrogens with zero attached hydrogens (tertiary/aromatic N) is 5. The lowest BCUT2D eigenvalue weighted by molar-refractivity contribution is 0.0982. The van der Waals surface area contributed by atoms with Gasteiger partial charge in [0.2, 0.25) is 57.0 Å². The summed E-state index contributed by atoms with van der Waals surface area (Å²) in [7, 11) is -23.1. The number of hydrogen-bond acceptors (Lipinski definition) is 11. The van der Waals surface area contributed by atoms with Crippen molar-refractivity contribution >= 4 is 57.0 Å². The van der Waals surface area contributed by atoms with Gasteiger partial charge in [0.25, 0.3) is 0 Å². The number of likely N-dealkylation sites (tertiary alicyclic amines) is 1. The van der Waals surface area contributed by atoms with Crippen molar-refractivity contribution in [2.24, 2.45) is 0 Å². The Balaban J connectivity index is 1.12. The van der Waals surface area contributed by atoms with Crippen LogP contribution in [-0.4, -0.2) is 104 Å². The zero-order valence-electron chi connectivity index (χ0n) is 38.9. The summed E-state index contributed by atoms with van der Waals surface area (Å²) in [4.78, 5) is 2.03. The molecule has 15 nitrogen and oxygen atoms in total. The zero-order chi connectivity index (χ0) is 49.0. The largest absolute Gasteiger partial charge is 0.322 e. The summed E-state index contributed by atoms with van der Waals surface area (Å²) in [5.74, 6) is 0. The highest BCUT2D eigenvalue weighted by molar-refractivity contribution is 7.99. The van der Waals surface area contributed by atoms with Gasteiger partial charge in [-0.25, -0.2) is 33.7 Å². The molecule has 2 saturated carbocycles. The molecule has 0 unspecified atom stereocenters. The number of rotatable bonds is 14. The second-order valence-corrected chi connectivity index (χ2v) is 30.2. The Morgan fingerprint density at radius 1 is 0.414 bits per heavy atom. The van der Waals surface area contributed by atoms with E-state index >= 15 is 33.7 Å². The van der Waals surface area contributed by atoms with Crippen molar-refractivity contribution < 1.29 is 42.7 Å². The summed E-state index contributed by atoms with van der Waals surface area (Å²) in [6.07, 6.45) is 2.14. The van der Waals surface area contributed by atoms with Crippen LogP contribution in [0.25, 0.3) is 0 Å². The van der Waals surface area contributed by atoms with Gasteiger partial charge in [0.1, 0.15) is 12.2 Å². The second-order valence-electron chi connectivity index (χ2n) is 18.7. The van der Waals surface area contributed by atoms with Crippen LogP contribution in [0, 0.1) is 13.8 Å². The fourth-order valence-electron chi connectivity index (χ4n) is 10.4. The lowest BCUT2D eigenvalue weighted by atomic mass is 9.92. The van der Waals surface area contributed by atoms with Gasteiger partial charge in [0, 0.05) is 43.8 Å².